The summed E-state index contributed by atoms with van der Waals surface area (Å²) >= 11 is 1.83. The smallest absolute Gasteiger partial charge is 0.0954 e. The number of thiazole rings is 1. The van der Waals surface area contributed by atoms with E-state index in [0.29, 0.717) is 0 Å². The van der Waals surface area contributed by atoms with Gasteiger partial charge in [-0.3, -0.25) is 0 Å². The fraction of sp³-hybridized carbons (Fsp3) is 0.786. The van der Waals surface area contributed by atoms with E-state index < -0.39 is 0 Å². The van der Waals surface area contributed by atoms with Crippen molar-refractivity contribution in [3.05, 3.63) is 15.6 Å². The summed E-state index contributed by atoms with van der Waals surface area (Å²) in [4.78, 5) is 6.12. The van der Waals surface area contributed by atoms with Crippen molar-refractivity contribution in [2.45, 2.75) is 59.0 Å². The Morgan fingerprint density at radius 1 is 1.28 bits per heavy atom. The molecule has 3 nitrogen and oxygen atoms in total. The maximum absolute atomic E-state index is 5.12. The van der Waals surface area contributed by atoms with Crippen LogP contribution in [0, 0.1) is 0 Å². The highest BCUT2D eigenvalue weighted by atomic mass is 32.1. The highest BCUT2D eigenvalue weighted by molar-refractivity contribution is 7.11. The van der Waals surface area contributed by atoms with Gasteiger partial charge in [-0.2, -0.15) is 0 Å². The van der Waals surface area contributed by atoms with Crippen LogP contribution in [0.4, 0.5) is 0 Å². The van der Waals surface area contributed by atoms with Crippen LogP contribution in [-0.4, -0.2) is 24.2 Å². The largest absolute Gasteiger partial charge is 0.384 e. The van der Waals surface area contributed by atoms with Gasteiger partial charge in [0.15, 0.2) is 0 Å². The molecule has 1 rings (SSSR count). The van der Waals surface area contributed by atoms with Crippen LogP contribution in [-0.2, 0) is 24.1 Å². The Kier molecular flexibility index (Phi) is 6.26. The van der Waals surface area contributed by atoms with E-state index in [-0.39, 0.29) is 5.54 Å². The van der Waals surface area contributed by atoms with E-state index in [1.807, 2.05) is 11.3 Å². The van der Waals surface area contributed by atoms with Gasteiger partial charge < -0.3 is 10.1 Å². The second-order valence-corrected chi connectivity index (χ2v) is 6.74. The zero-order chi connectivity index (χ0) is 13.6. The summed E-state index contributed by atoms with van der Waals surface area (Å²) < 4.78 is 5.12. The first-order chi connectivity index (χ1) is 8.46. The molecule has 18 heavy (non-hydrogen) atoms. The summed E-state index contributed by atoms with van der Waals surface area (Å²) in [6, 6.07) is 0. The molecule has 104 valence electrons. The molecule has 0 aliphatic rings. The number of aromatic nitrogens is 1. The van der Waals surface area contributed by atoms with E-state index in [4.69, 9.17) is 9.72 Å². The van der Waals surface area contributed by atoms with Gasteiger partial charge in [0.2, 0.25) is 0 Å². The predicted molar refractivity (Wildman–Crippen MR) is 78.3 cm³/mol. The standard InChI is InChI=1S/C14H26N2OS/c1-6-7-11-12(10-15-14(2,3)4)18-13(16-11)8-9-17-5/h15H,6-10H2,1-5H3. The third kappa shape index (κ3) is 5.46. The van der Waals surface area contributed by atoms with Gasteiger partial charge in [0.1, 0.15) is 0 Å². The first kappa shape index (κ1) is 15.6. The van der Waals surface area contributed by atoms with E-state index in [9.17, 15) is 0 Å². The minimum absolute atomic E-state index is 0.153. The Labute approximate surface area is 115 Å². The van der Waals surface area contributed by atoms with E-state index in [1.54, 1.807) is 7.11 Å². The third-order valence-electron chi connectivity index (χ3n) is 2.61. The van der Waals surface area contributed by atoms with Crippen molar-refractivity contribution in [2.75, 3.05) is 13.7 Å². The number of hydrogen-bond donors (Lipinski definition) is 1. The van der Waals surface area contributed by atoms with Crippen LogP contribution in [0.25, 0.3) is 0 Å². The molecule has 0 aliphatic heterocycles. The SMILES string of the molecule is CCCc1nc(CCOC)sc1CNC(C)(C)C. The number of nitrogens with zero attached hydrogens (tertiary/aromatic N) is 1. The van der Waals surface area contributed by atoms with Crippen LogP contribution in [0.2, 0.25) is 0 Å². The molecule has 0 aliphatic carbocycles. The van der Waals surface area contributed by atoms with Crippen LogP contribution >= 0.6 is 11.3 Å². The van der Waals surface area contributed by atoms with E-state index >= 15 is 0 Å². The van der Waals surface area contributed by atoms with Crippen molar-refractivity contribution in [1.29, 1.82) is 0 Å². The van der Waals surface area contributed by atoms with Crippen molar-refractivity contribution in [3.8, 4) is 0 Å². The molecule has 0 saturated heterocycles. The molecule has 0 amide bonds. The Morgan fingerprint density at radius 2 is 2.00 bits per heavy atom. The normalized spacial score (nSPS) is 12.1. The van der Waals surface area contributed by atoms with Gasteiger partial charge in [-0.1, -0.05) is 13.3 Å². The van der Waals surface area contributed by atoms with Gasteiger partial charge >= 0.3 is 0 Å². The Morgan fingerprint density at radius 3 is 2.56 bits per heavy atom. The van der Waals surface area contributed by atoms with Crippen LogP contribution in [0.5, 0.6) is 0 Å². The molecule has 4 heteroatoms. The lowest BCUT2D eigenvalue weighted by atomic mass is 10.1. The molecule has 1 heterocycles. The molecule has 1 aromatic heterocycles. The molecule has 0 aromatic carbocycles. The lowest BCUT2D eigenvalue weighted by Gasteiger charge is -2.20. The number of ether oxygens (including phenoxy) is 1. The van der Waals surface area contributed by atoms with Crippen molar-refractivity contribution in [3.63, 3.8) is 0 Å². The molecular weight excluding hydrogens is 244 g/mol. The second kappa shape index (κ2) is 7.22. The molecule has 0 fully saturated rings. The highest BCUT2D eigenvalue weighted by Crippen LogP contribution is 2.21. The van der Waals surface area contributed by atoms with Crippen molar-refractivity contribution >= 4 is 11.3 Å². The van der Waals surface area contributed by atoms with Gasteiger partial charge in [0, 0.05) is 30.5 Å². The van der Waals surface area contributed by atoms with Crippen LogP contribution < -0.4 is 5.32 Å². The fourth-order valence-corrected chi connectivity index (χ4v) is 2.68. The van der Waals surface area contributed by atoms with Gasteiger partial charge in [-0.15, -0.1) is 11.3 Å². The number of rotatable bonds is 7. The third-order valence-corrected chi connectivity index (χ3v) is 3.77. The first-order valence-corrected chi connectivity index (χ1v) is 7.49. The van der Waals surface area contributed by atoms with Crippen molar-refractivity contribution in [2.24, 2.45) is 0 Å². The molecule has 1 aromatic rings. The average Bonchev–Trinajstić information content (AvgIpc) is 2.66. The quantitative estimate of drug-likeness (QED) is 0.826. The van der Waals surface area contributed by atoms with Crippen molar-refractivity contribution < 1.29 is 4.74 Å². The number of nitrogens with one attached hydrogen (secondary N) is 1. The summed E-state index contributed by atoms with van der Waals surface area (Å²) in [5.74, 6) is 0. The molecule has 0 unspecified atom stereocenters. The van der Waals surface area contributed by atoms with E-state index in [2.05, 4.69) is 33.0 Å². The molecule has 0 radical (unpaired) electrons. The molecule has 0 spiro atoms. The van der Waals surface area contributed by atoms with Gasteiger partial charge in [-0.05, 0) is 27.2 Å². The predicted octanol–water partition coefficient (Wildman–Crippen LogP) is 3.17. The highest BCUT2D eigenvalue weighted by Gasteiger charge is 2.14. The van der Waals surface area contributed by atoms with E-state index in [0.717, 1.165) is 32.4 Å². The van der Waals surface area contributed by atoms with Crippen LogP contribution in [0.15, 0.2) is 0 Å². The summed E-state index contributed by atoms with van der Waals surface area (Å²) in [6.07, 6.45) is 3.15. The number of hydrogen-bond acceptors (Lipinski definition) is 4. The lowest BCUT2D eigenvalue weighted by molar-refractivity contribution is 0.202. The van der Waals surface area contributed by atoms with Crippen molar-refractivity contribution in [1.82, 2.24) is 10.3 Å². The maximum Gasteiger partial charge on any atom is 0.0954 e. The molecule has 0 bridgehead atoms. The van der Waals surface area contributed by atoms with E-state index in [1.165, 1.54) is 15.6 Å². The van der Waals surface area contributed by atoms with Gasteiger partial charge in [-0.25, -0.2) is 4.98 Å². The minimum Gasteiger partial charge on any atom is -0.384 e. The van der Waals surface area contributed by atoms with Gasteiger partial charge in [0.25, 0.3) is 0 Å². The fourth-order valence-electron chi connectivity index (χ4n) is 1.65. The Bertz CT molecular complexity index is 355. The summed E-state index contributed by atoms with van der Waals surface area (Å²) in [5.41, 5.74) is 1.42. The lowest BCUT2D eigenvalue weighted by Crippen LogP contribution is -2.35. The monoisotopic (exact) mass is 270 g/mol. The minimum atomic E-state index is 0.153. The summed E-state index contributed by atoms with van der Waals surface area (Å²) in [7, 11) is 1.74. The van der Waals surface area contributed by atoms with Crippen LogP contribution in [0.1, 0.15) is 49.7 Å². The molecule has 1 N–H and O–H groups in total. The zero-order valence-electron chi connectivity index (χ0n) is 12.3. The first-order valence-electron chi connectivity index (χ1n) is 6.67. The second-order valence-electron chi connectivity index (χ2n) is 5.57. The Hall–Kier alpha value is -0.450. The molecule has 0 atom stereocenters. The van der Waals surface area contributed by atoms with Crippen LogP contribution in [0.3, 0.4) is 0 Å². The number of aryl methyl sites for hydroxylation is 1. The Balaban J connectivity index is 2.70. The topological polar surface area (TPSA) is 34.1 Å². The summed E-state index contributed by atoms with van der Waals surface area (Å²) in [5, 5.41) is 4.75. The molecular formula is C14H26N2OS. The zero-order valence-corrected chi connectivity index (χ0v) is 13.1. The summed E-state index contributed by atoms with van der Waals surface area (Å²) in [6.45, 7) is 10.5. The maximum atomic E-state index is 5.12. The molecule has 0 saturated carbocycles. The average molecular weight is 270 g/mol. The van der Waals surface area contributed by atoms with Gasteiger partial charge in [0.05, 0.1) is 17.3 Å². The number of methoxy groups -OCH3 is 1.